The van der Waals surface area contributed by atoms with Crippen molar-refractivity contribution in [2.45, 2.75) is 32.2 Å². The molecule has 1 aliphatic heterocycles. The minimum absolute atomic E-state index is 0.0278. The highest BCUT2D eigenvalue weighted by Gasteiger charge is 2.28. The van der Waals surface area contributed by atoms with Crippen molar-refractivity contribution >= 4 is 27.5 Å². The van der Waals surface area contributed by atoms with E-state index in [1.807, 2.05) is 0 Å². The van der Waals surface area contributed by atoms with Gasteiger partial charge in [-0.05, 0) is 42.1 Å². The maximum absolute atomic E-state index is 11.6. The molecule has 5 heteroatoms. The first-order valence-corrected chi connectivity index (χ1v) is 6.22. The third-order valence-electron chi connectivity index (χ3n) is 2.89. The van der Waals surface area contributed by atoms with Crippen molar-refractivity contribution in [1.29, 1.82) is 0 Å². The fourth-order valence-corrected chi connectivity index (χ4v) is 2.57. The molecule has 86 valence electrons. The van der Waals surface area contributed by atoms with Crippen LogP contribution in [0.25, 0.3) is 0 Å². The van der Waals surface area contributed by atoms with Crippen LogP contribution >= 0.6 is 15.9 Å². The Balaban J connectivity index is 2.30. The molecule has 0 aromatic carbocycles. The molecule has 2 heterocycles. The lowest BCUT2D eigenvalue weighted by Crippen LogP contribution is -2.44. The third-order valence-corrected chi connectivity index (χ3v) is 3.45. The van der Waals surface area contributed by atoms with E-state index in [0.29, 0.717) is 0 Å². The van der Waals surface area contributed by atoms with Gasteiger partial charge in [0.15, 0.2) is 5.78 Å². The first kappa shape index (κ1) is 11.5. The van der Waals surface area contributed by atoms with Gasteiger partial charge in [-0.2, -0.15) is 0 Å². The average molecular weight is 284 g/mol. The van der Waals surface area contributed by atoms with E-state index >= 15 is 0 Å². The molecule has 0 saturated carbocycles. The van der Waals surface area contributed by atoms with Gasteiger partial charge in [-0.15, -0.1) is 0 Å². The average Bonchev–Trinajstić information content (AvgIpc) is 2.29. The van der Waals surface area contributed by atoms with Crippen LogP contribution in [0.2, 0.25) is 0 Å². The highest BCUT2D eigenvalue weighted by atomic mass is 79.9. The Hall–Kier alpha value is -0.970. The number of aromatic nitrogens is 2. The second-order valence-corrected chi connectivity index (χ2v) is 4.86. The number of hydrogen-bond acceptors (Lipinski definition) is 4. The van der Waals surface area contributed by atoms with Crippen molar-refractivity contribution in [3.8, 4) is 0 Å². The number of Topliss-reactive ketones (excluding diaryl/α,β-unsaturated/α-hetero) is 1. The van der Waals surface area contributed by atoms with E-state index in [2.05, 4.69) is 30.8 Å². The van der Waals surface area contributed by atoms with E-state index in [9.17, 15) is 4.79 Å². The summed E-state index contributed by atoms with van der Waals surface area (Å²) < 4.78 is 0.850. The minimum atomic E-state index is -0.0278. The zero-order valence-corrected chi connectivity index (χ0v) is 10.8. The van der Waals surface area contributed by atoms with E-state index in [1.54, 1.807) is 13.1 Å². The molecule has 16 heavy (non-hydrogen) atoms. The van der Waals surface area contributed by atoms with Crippen LogP contribution in [0.4, 0.5) is 5.82 Å². The molecule has 0 bridgehead atoms. The van der Waals surface area contributed by atoms with E-state index < -0.39 is 0 Å². The molecule has 1 aliphatic rings. The molecule has 1 fully saturated rings. The fraction of sp³-hybridized carbons (Fsp3) is 0.545. The third kappa shape index (κ3) is 2.24. The smallest absolute Gasteiger partial charge is 0.152 e. The summed E-state index contributed by atoms with van der Waals surface area (Å²) in [7, 11) is 0. The van der Waals surface area contributed by atoms with Gasteiger partial charge in [-0.1, -0.05) is 0 Å². The van der Waals surface area contributed by atoms with Gasteiger partial charge in [0, 0.05) is 12.7 Å². The van der Waals surface area contributed by atoms with Gasteiger partial charge in [0.1, 0.15) is 12.1 Å². The second kappa shape index (κ2) is 4.91. The largest absolute Gasteiger partial charge is 0.346 e. The van der Waals surface area contributed by atoms with Crippen LogP contribution in [0.3, 0.4) is 0 Å². The molecule has 0 spiro atoms. The van der Waals surface area contributed by atoms with Crippen molar-refractivity contribution in [2.75, 3.05) is 11.4 Å². The van der Waals surface area contributed by atoms with Crippen LogP contribution < -0.4 is 4.90 Å². The quantitative estimate of drug-likeness (QED) is 0.835. The van der Waals surface area contributed by atoms with Crippen LogP contribution in [0.5, 0.6) is 0 Å². The van der Waals surface area contributed by atoms with E-state index in [1.165, 1.54) is 6.33 Å². The van der Waals surface area contributed by atoms with Gasteiger partial charge in [-0.25, -0.2) is 9.97 Å². The van der Waals surface area contributed by atoms with Crippen molar-refractivity contribution < 1.29 is 4.79 Å². The Morgan fingerprint density at radius 3 is 3.06 bits per heavy atom. The monoisotopic (exact) mass is 283 g/mol. The highest BCUT2D eigenvalue weighted by Crippen LogP contribution is 2.28. The Morgan fingerprint density at radius 1 is 1.56 bits per heavy atom. The van der Waals surface area contributed by atoms with Crippen LogP contribution in [0, 0.1) is 0 Å². The summed E-state index contributed by atoms with van der Waals surface area (Å²) in [5.41, 5.74) is 0. The zero-order chi connectivity index (χ0) is 11.5. The number of rotatable bonds is 2. The number of anilines is 1. The molecule has 0 amide bonds. The van der Waals surface area contributed by atoms with Crippen LogP contribution in [-0.4, -0.2) is 28.3 Å². The van der Waals surface area contributed by atoms with Crippen LogP contribution in [0.15, 0.2) is 17.0 Å². The summed E-state index contributed by atoms with van der Waals surface area (Å²) in [6.07, 6.45) is 6.38. The number of halogens is 1. The lowest BCUT2D eigenvalue weighted by atomic mass is 9.99. The number of hydrogen-bond donors (Lipinski definition) is 0. The molecular weight excluding hydrogens is 270 g/mol. The molecule has 2 rings (SSSR count). The molecule has 0 N–H and O–H groups in total. The lowest BCUT2D eigenvalue weighted by molar-refractivity contribution is -0.118. The fourth-order valence-electron chi connectivity index (χ4n) is 2.13. The molecular formula is C11H14BrN3O. The topological polar surface area (TPSA) is 46.1 Å². The van der Waals surface area contributed by atoms with Gasteiger partial charge >= 0.3 is 0 Å². The van der Waals surface area contributed by atoms with Gasteiger partial charge in [0.05, 0.1) is 10.5 Å². The number of nitrogens with zero attached hydrogens (tertiary/aromatic N) is 3. The maximum Gasteiger partial charge on any atom is 0.152 e. The van der Waals surface area contributed by atoms with Crippen LogP contribution in [-0.2, 0) is 4.79 Å². The van der Waals surface area contributed by atoms with Gasteiger partial charge in [0.2, 0.25) is 0 Å². The maximum atomic E-state index is 11.6. The standard InChI is InChI=1S/C11H14BrN3O/c1-8(16)10-4-2-3-5-15(10)11-9(12)6-13-7-14-11/h6-7,10H,2-5H2,1H3. The lowest BCUT2D eigenvalue weighted by Gasteiger charge is -2.35. The van der Waals surface area contributed by atoms with Gasteiger partial charge in [0.25, 0.3) is 0 Å². The summed E-state index contributed by atoms with van der Waals surface area (Å²) in [5, 5.41) is 0. The first-order chi connectivity index (χ1) is 7.70. The van der Waals surface area contributed by atoms with E-state index in [0.717, 1.165) is 36.1 Å². The summed E-state index contributed by atoms with van der Waals surface area (Å²) >= 11 is 3.43. The number of carbonyl (C=O) groups is 1. The molecule has 1 saturated heterocycles. The SMILES string of the molecule is CC(=O)C1CCCCN1c1ncncc1Br. The number of ketones is 1. The van der Waals surface area contributed by atoms with Crippen molar-refractivity contribution in [2.24, 2.45) is 0 Å². The minimum Gasteiger partial charge on any atom is -0.346 e. The number of piperidine rings is 1. The molecule has 1 aromatic heterocycles. The van der Waals surface area contributed by atoms with E-state index in [-0.39, 0.29) is 11.8 Å². The Kier molecular flexibility index (Phi) is 3.53. The highest BCUT2D eigenvalue weighted by molar-refractivity contribution is 9.10. The van der Waals surface area contributed by atoms with Gasteiger partial charge < -0.3 is 4.90 Å². The van der Waals surface area contributed by atoms with Crippen molar-refractivity contribution in [1.82, 2.24) is 9.97 Å². The Labute approximate surface area is 103 Å². The summed E-state index contributed by atoms with van der Waals surface area (Å²) in [6, 6.07) is -0.0278. The molecule has 1 unspecified atom stereocenters. The Morgan fingerprint density at radius 2 is 2.38 bits per heavy atom. The number of carbonyl (C=O) groups excluding carboxylic acids is 1. The zero-order valence-electron chi connectivity index (χ0n) is 9.19. The Bertz CT molecular complexity index is 397. The predicted molar refractivity (Wildman–Crippen MR) is 65.4 cm³/mol. The molecule has 1 aromatic rings. The molecule has 4 nitrogen and oxygen atoms in total. The van der Waals surface area contributed by atoms with Crippen molar-refractivity contribution in [3.05, 3.63) is 17.0 Å². The first-order valence-electron chi connectivity index (χ1n) is 5.42. The summed E-state index contributed by atoms with van der Waals surface area (Å²) in [4.78, 5) is 21.9. The molecule has 1 atom stereocenters. The normalized spacial score (nSPS) is 20.9. The second-order valence-electron chi connectivity index (χ2n) is 4.01. The van der Waals surface area contributed by atoms with Gasteiger partial charge in [-0.3, -0.25) is 4.79 Å². The molecule has 0 aliphatic carbocycles. The van der Waals surface area contributed by atoms with Crippen LogP contribution in [0.1, 0.15) is 26.2 Å². The van der Waals surface area contributed by atoms with Crippen molar-refractivity contribution in [3.63, 3.8) is 0 Å². The summed E-state index contributed by atoms with van der Waals surface area (Å²) in [6.45, 7) is 2.54. The predicted octanol–water partition coefficient (Wildman–Crippen LogP) is 2.19. The summed E-state index contributed by atoms with van der Waals surface area (Å²) in [5.74, 6) is 1.04. The van der Waals surface area contributed by atoms with E-state index in [4.69, 9.17) is 0 Å². The molecule has 0 radical (unpaired) electrons.